The largest absolute Gasteiger partial charge is 0.360 e. The fourth-order valence-electron chi connectivity index (χ4n) is 2.52. The van der Waals surface area contributed by atoms with E-state index in [0.29, 0.717) is 6.04 Å². The molecule has 1 atom stereocenters. The smallest absolute Gasteiger partial charge is 0.0580 e. The van der Waals surface area contributed by atoms with Crippen LogP contribution >= 0.6 is 11.3 Å². The van der Waals surface area contributed by atoms with Crippen LogP contribution in [0.15, 0.2) is 53.9 Å². The maximum absolute atomic E-state index is 2.50. The van der Waals surface area contributed by atoms with Crippen LogP contribution in [0.2, 0.25) is 0 Å². The highest BCUT2D eigenvalue weighted by Crippen LogP contribution is 2.34. The van der Waals surface area contributed by atoms with Crippen molar-refractivity contribution in [3.63, 3.8) is 0 Å². The van der Waals surface area contributed by atoms with Crippen molar-refractivity contribution in [2.45, 2.75) is 19.4 Å². The molecule has 0 aliphatic carbocycles. The van der Waals surface area contributed by atoms with Crippen molar-refractivity contribution in [1.29, 1.82) is 0 Å². The van der Waals surface area contributed by atoms with Crippen LogP contribution in [0, 0.1) is 6.92 Å². The third kappa shape index (κ3) is 2.21. The van der Waals surface area contributed by atoms with Gasteiger partial charge in [0.15, 0.2) is 0 Å². The maximum Gasteiger partial charge on any atom is 0.0580 e. The Morgan fingerprint density at radius 2 is 2.00 bits per heavy atom. The first-order chi connectivity index (χ1) is 8.84. The van der Waals surface area contributed by atoms with Gasteiger partial charge in [-0.2, -0.15) is 0 Å². The van der Waals surface area contributed by atoms with Gasteiger partial charge in [0, 0.05) is 22.5 Å². The highest BCUT2D eigenvalue weighted by Gasteiger charge is 2.21. The summed E-state index contributed by atoms with van der Waals surface area (Å²) in [7, 11) is 0. The number of nitrogens with zero attached hydrogens (tertiary/aromatic N) is 1. The number of aryl methyl sites for hydroxylation is 1. The standard InChI is InChI=1S/C16H17NS/c1-13-11-15(12-18-13)17-10-6-5-9-16(17)14-7-3-2-4-8-14/h2-8,11-12,16H,9-10H2,1H3. The molecule has 18 heavy (non-hydrogen) atoms. The molecule has 2 heterocycles. The van der Waals surface area contributed by atoms with Crippen LogP contribution in [-0.2, 0) is 0 Å². The van der Waals surface area contributed by atoms with Crippen molar-refractivity contribution >= 4 is 17.0 Å². The molecule has 0 bridgehead atoms. The Morgan fingerprint density at radius 3 is 2.72 bits per heavy atom. The summed E-state index contributed by atoms with van der Waals surface area (Å²) in [6.45, 7) is 3.18. The van der Waals surface area contributed by atoms with E-state index in [1.165, 1.54) is 16.1 Å². The zero-order valence-corrected chi connectivity index (χ0v) is 11.4. The van der Waals surface area contributed by atoms with E-state index in [4.69, 9.17) is 0 Å². The Hall–Kier alpha value is -1.54. The molecule has 3 rings (SSSR count). The van der Waals surface area contributed by atoms with E-state index in [1.807, 2.05) is 11.3 Å². The Bertz CT molecular complexity index is 541. The van der Waals surface area contributed by atoms with Crippen LogP contribution in [0.4, 0.5) is 5.69 Å². The first-order valence-electron chi connectivity index (χ1n) is 6.36. The SMILES string of the molecule is Cc1cc(N2CC=CCC2c2ccccc2)cs1. The van der Waals surface area contributed by atoms with Gasteiger partial charge >= 0.3 is 0 Å². The van der Waals surface area contributed by atoms with Gasteiger partial charge in [0.2, 0.25) is 0 Å². The number of anilines is 1. The molecule has 0 amide bonds. The third-order valence-corrected chi connectivity index (χ3v) is 4.29. The maximum atomic E-state index is 2.50. The number of hydrogen-bond donors (Lipinski definition) is 0. The van der Waals surface area contributed by atoms with Gasteiger partial charge in [0.25, 0.3) is 0 Å². The van der Waals surface area contributed by atoms with Crippen molar-refractivity contribution in [2.24, 2.45) is 0 Å². The Labute approximate surface area is 112 Å². The molecule has 1 aromatic heterocycles. The molecule has 0 saturated carbocycles. The second kappa shape index (κ2) is 4.99. The van der Waals surface area contributed by atoms with Gasteiger partial charge in [-0.3, -0.25) is 0 Å². The summed E-state index contributed by atoms with van der Waals surface area (Å²) in [6, 6.07) is 13.6. The van der Waals surface area contributed by atoms with Crippen molar-refractivity contribution in [3.8, 4) is 0 Å². The van der Waals surface area contributed by atoms with Crippen LogP contribution in [0.5, 0.6) is 0 Å². The van der Waals surface area contributed by atoms with E-state index in [1.54, 1.807) is 0 Å². The van der Waals surface area contributed by atoms with Gasteiger partial charge in [-0.1, -0.05) is 42.5 Å². The van der Waals surface area contributed by atoms with Crippen LogP contribution < -0.4 is 4.90 Å². The van der Waals surface area contributed by atoms with Crippen molar-refractivity contribution in [3.05, 3.63) is 64.4 Å². The summed E-state index contributed by atoms with van der Waals surface area (Å²) in [5.41, 5.74) is 2.77. The highest BCUT2D eigenvalue weighted by atomic mass is 32.1. The predicted molar refractivity (Wildman–Crippen MR) is 79.3 cm³/mol. The first kappa shape index (κ1) is 11.5. The summed E-state index contributed by atoms with van der Waals surface area (Å²) in [4.78, 5) is 3.88. The van der Waals surface area contributed by atoms with Crippen molar-refractivity contribution in [2.75, 3.05) is 11.4 Å². The van der Waals surface area contributed by atoms with Crippen LogP contribution in [0.1, 0.15) is 22.9 Å². The molecule has 1 aliphatic heterocycles. The monoisotopic (exact) mass is 255 g/mol. The second-order valence-electron chi connectivity index (χ2n) is 4.70. The summed E-state index contributed by atoms with van der Waals surface area (Å²) in [5.74, 6) is 0. The minimum atomic E-state index is 0.477. The van der Waals surface area contributed by atoms with E-state index in [2.05, 4.69) is 65.8 Å². The Balaban J connectivity index is 1.94. The Kier molecular flexibility index (Phi) is 3.20. The van der Waals surface area contributed by atoms with Gasteiger partial charge in [-0.15, -0.1) is 11.3 Å². The zero-order chi connectivity index (χ0) is 12.4. The first-order valence-corrected chi connectivity index (χ1v) is 7.24. The molecule has 0 spiro atoms. The van der Waals surface area contributed by atoms with E-state index >= 15 is 0 Å². The topological polar surface area (TPSA) is 3.24 Å². The minimum Gasteiger partial charge on any atom is -0.360 e. The molecule has 1 nitrogen and oxygen atoms in total. The second-order valence-corrected chi connectivity index (χ2v) is 5.82. The van der Waals surface area contributed by atoms with Gasteiger partial charge < -0.3 is 4.90 Å². The van der Waals surface area contributed by atoms with Crippen molar-refractivity contribution < 1.29 is 0 Å². The average molecular weight is 255 g/mol. The molecule has 0 radical (unpaired) electrons. The van der Waals surface area contributed by atoms with Gasteiger partial charge in [0.1, 0.15) is 0 Å². The highest BCUT2D eigenvalue weighted by molar-refractivity contribution is 7.10. The predicted octanol–water partition coefficient (Wildman–Crippen LogP) is 4.56. The minimum absolute atomic E-state index is 0.477. The molecule has 0 N–H and O–H groups in total. The van der Waals surface area contributed by atoms with E-state index < -0.39 is 0 Å². The normalized spacial score (nSPS) is 19.2. The molecule has 92 valence electrons. The molecule has 0 saturated heterocycles. The molecular formula is C16H17NS. The summed E-state index contributed by atoms with van der Waals surface area (Å²) in [6.07, 6.45) is 5.67. The number of thiophene rings is 1. The molecule has 2 aromatic rings. The number of rotatable bonds is 2. The summed E-state index contributed by atoms with van der Waals surface area (Å²) in [5, 5.41) is 2.27. The van der Waals surface area contributed by atoms with Gasteiger partial charge in [0.05, 0.1) is 6.04 Å². The van der Waals surface area contributed by atoms with Crippen LogP contribution in [0.3, 0.4) is 0 Å². The van der Waals surface area contributed by atoms with Crippen LogP contribution in [-0.4, -0.2) is 6.54 Å². The molecular weight excluding hydrogens is 238 g/mol. The number of hydrogen-bond acceptors (Lipinski definition) is 2. The molecule has 1 aliphatic rings. The summed E-state index contributed by atoms with van der Waals surface area (Å²) < 4.78 is 0. The summed E-state index contributed by atoms with van der Waals surface area (Å²) >= 11 is 1.83. The van der Waals surface area contributed by atoms with Crippen LogP contribution in [0.25, 0.3) is 0 Å². The van der Waals surface area contributed by atoms with Crippen molar-refractivity contribution in [1.82, 2.24) is 0 Å². The van der Waals surface area contributed by atoms with E-state index in [0.717, 1.165) is 13.0 Å². The Morgan fingerprint density at radius 1 is 1.17 bits per heavy atom. The lowest BCUT2D eigenvalue weighted by atomic mass is 9.99. The third-order valence-electron chi connectivity index (χ3n) is 3.44. The lowest BCUT2D eigenvalue weighted by Gasteiger charge is -2.34. The zero-order valence-electron chi connectivity index (χ0n) is 10.5. The number of benzene rings is 1. The van der Waals surface area contributed by atoms with E-state index in [-0.39, 0.29) is 0 Å². The van der Waals surface area contributed by atoms with E-state index in [9.17, 15) is 0 Å². The molecule has 0 fully saturated rings. The average Bonchev–Trinajstić information content (AvgIpc) is 2.86. The van der Waals surface area contributed by atoms with Gasteiger partial charge in [-0.25, -0.2) is 0 Å². The lowest BCUT2D eigenvalue weighted by Crippen LogP contribution is -2.30. The molecule has 1 unspecified atom stereocenters. The lowest BCUT2D eigenvalue weighted by molar-refractivity contribution is 0.637. The molecule has 2 heteroatoms. The van der Waals surface area contributed by atoms with Gasteiger partial charge in [-0.05, 0) is 25.0 Å². The molecule has 1 aromatic carbocycles. The quantitative estimate of drug-likeness (QED) is 0.711. The fraction of sp³-hybridized carbons (Fsp3) is 0.250. The fourth-order valence-corrected chi connectivity index (χ4v) is 3.22.